The molecule has 326 valence electrons. The van der Waals surface area contributed by atoms with Crippen LogP contribution in [0.2, 0.25) is 10.0 Å². The van der Waals surface area contributed by atoms with Crippen molar-refractivity contribution in [3.8, 4) is 0 Å². The number of likely N-dealkylation sites (tertiary alicyclic amines) is 1. The van der Waals surface area contributed by atoms with Gasteiger partial charge < -0.3 is 41.2 Å². The molecule has 5 amide bonds. The highest BCUT2D eigenvalue weighted by molar-refractivity contribution is 6.42. The summed E-state index contributed by atoms with van der Waals surface area (Å²) in [6, 6.07) is 16.5. The molecule has 61 heavy (non-hydrogen) atoms. The molecule has 2 aliphatic rings. The zero-order chi connectivity index (χ0) is 44.1. The Balaban J connectivity index is 1.34. The third-order valence-corrected chi connectivity index (χ3v) is 11.6. The first-order valence-corrected chi connectivity index (χ1v) is 21.1. The summed E-state index contributed by atoms with van der Waals surface area (Å²) >= 11 is 12.3. The number of rotatable bonds is 20. The van der Waals surface area contributed by atoms with Crippen molar-refractivity contribution in [2.45, 2.75) is 95.2 Å². The van der Waals surface area contributed by atoms with Gasteiger partial charge in [0.05, 0.1) is 46.5 Å². The van der Waals surface area contributed by atoms with Gasteiger partial charge in [-0.2, -0.15) is 0 Å². The number of ether oxygens (including phenoxy) is 2. The Labute approximate surface area is 364 Å². The lowest BCUT2D eigenvalue weighted by atomic mass is 9.83. The first kappa shape index (κ1) is 46.7. The Bertz CT molecular complexity index is 2050. The summed E-state index contributed by atoms with van der Waals surface area (Å²) in [5.74, 6) is -6.52. The van der Waals surface area contributed by atoms with E-state index >= 15 is 0 Å². The van der Waals surface area contributed by atoms with E-state index in [1.807, 2.05) is 30.3 Å². The first-order valence-electron chi connectivity index (χ1n) is 20.4. The number of ketones is 1. The second kappa shape index (κ2) is 22.5. The van der Waals surface area contributed by atoms with E-state index in [-0.39, 0.29) is 60.7 Å². The highest BCUT2D eigenvalue weighted by Crippen LogP contribution is 2.32. The average Bonchev–Trinajstić information content (AvgIpc) is 3.70. The number of carboxylic acids is 1. The molecular formula is C44H51Cl2N5O10. The molecule has 3 aromatic carbocycles. The molecule has 1 saturated carbocycles. The van der Waals surface area contributed by atoms with Crippen molar-refractivity contribution in [1.29, 1.82) is 0 Å². The quantitative estimate of drug-likeness (QED) is 0.0773. The SMILES string of the molecule is CCCC(NC(=O)C1CC(OCc2ccccc2)CN1C(=O)C(NC(=O)c1cc(Cl)c(Cl)cc1C(=O)O)C1CCCCC1)C(=O)C(=O)NCCOC(C(N)=O)c1ccccc1. The van der Waals surface area contributed by atoms with Gasteiger partial charge in [-0.15, -0.1) is 0 Å². The number of Topliss-reactive ketones (excluding diaryl/α,β-unsaturated/α-hetero) is 1. The first-order chi connectivity index (χ1) is 29.3. The molecule has 1 aliphatic heterocycles. The minimum atomic E-state index is -1.42. The highest BCUT2D eigenvalue weighted by atomic mass is 35.5. The van der Waals surface area contributed by atoms with Crippen molar-refractivity contribution in [3.05, 3.63) is 105 Å². The van der Waals surface area contributed by atoms with Gasteiger partial charge >= 0.3 is 5.97 Å². The molecule has 0 aromatic heterocycles. The van der Waals surface area contributed by atoms with E-state index in [0.29, 0.717) is 24.8 Å². The van der Waals surface area contributed by atoms with Crippen LogP contribution in [0.4, 0.5) is 0 Å². The number of carboxylic acid groups (broad SMARTS) is 1. The van der Waals surface area contributed by atoms with Crippen molar-refractivity contribution in [3.63, 3.8) is 0 Å². The van der Waals surface area contributed by atoms with Crippen molar-refractivity contribution in [1.82, 2.24) is 20.9 Å². The molecule has 1 aliphatic carbocycles. The second-order valence-corrected chi connectivity index (χ2v) is 16.0. The number of hydrogen-bond donors (Lipinski definition) is 5. The maximum Gasteiger partial charge on any atom is 0.336 e. The van der Waals surface area contributed by atoms with Gasteiger partial charge in [0.15, 0.2) is 6.10 Å². The van der Waals surface area contributed by atoms with Crippen LogP contribution in [0.5, 0.6) is 0 Å². The number of nitrogens with two attached hydrogens (primary N) is 1. The lowest BCUT2D eigenvalue weighted by Gasteiger charge is -2.35. The summed E-state index contributed by atoms with van der Waals surface area (Å²) in [4.78, 5) is 95.1. The largest absolute Gasteiger partial charge is 0.478 e. The fourth-order valence-electron chi connectivity index (χ4n) is 7.74. The third-order valence-electron chi connectivity index (χ3n) is 10.9. The third kappa shape index (κ3) is 12.6. The fourth-order valence-corrected chi connectivity index (χ4v) is 8.07. The molecule has 17 heteroatoms. The van der Waals surface area contributed by atoms with Crippen LogP contribution in [0.1, 0.15) is 96.2 Å². The molecule has 6 N–H and O–H groups in total. The topological polar surface area (TPSA) is 224 Å². The molecule has 3 aromatic rings. The van der Waals surface area contributed by atoms with E-state index in [9.17, 15) is 38.7 Å². The number of hydrogen-bond acceptors (Lipinski definition) is 9. The van der Waals surface area contributed by atoms with Crippen LogP contribution >= 0.6 is 23.2 Å². The number of benzene rings is 3. The summed E-state index contributed by atoms with van der Waals surface area (Å²) in [7, 11) is 0. The van der Waals surface area contributed by atoms with Crippen LogP contribution in [-0.2, 0) is 40.1 Å². The Kier molecular flexibility index (Phi) is 17.2. The zero-order valence-electron chi connectivity index (χ0n) is 33.8. The van der Waals surface area contributed by atoms with E-state index in [1.165, 1.54) is 4.90 Å². The highest BCUT2D eigenvalue weighted by Gasteiger charge is 2.45. The van der Waals surface area contributed by atoms with Gasteiger partial charge in [-0.25, -0.2) is 4.79 Å². The lowest BCUT2D eigenvalue weighted by molar-refractivity contribution is -0.143. The predicted molar refractivity (Wildman–Crippen MR) is 226 cm³/mol. The predicted octanol–water partition coefficient (Wildman–Crippen LogP) is 4.77. The lowest BCUT2D eigenvalue weighted by Crippen LogP contribution is -2.58. The van der Waals surface area contributed by atoms with E-state index in [2.05, 4.69) is 16.0 Å². The van der Waals surface area contributed by atoms with Crippen molar-refractivity contribution in [2.24, 2.45) is 11.7 Å². The van der Waals surface area contributed by atoms with Crippen LogP contribution in [-0.4, -0.2) is 95.2 Å². The Morgan fingerprint density at radius 1 is 0.885 bits per heavy atom. The van der Waals surface area contributed by atoms with E-state index < -0.39 is 77.2 Å². The maximum atomic E-state index is 14.8. The van der Waals surface area contributed by atoms with Crippen LogP contribution in [0.15, 0.2) is 72.8 Å². The van der Waals surface area contributed by atoms with Crippen molar-refractivity contribution < 1.29 is 48.1 Å². The Hall–Kier alpha value is -5.35. The van der Waals surface area contributed by atoms with Gasteiger partial charge in [0, 0.05) is 19.5 Å². The van der Waals surface area contributed by atoms with Crippen LogP contribution < -0.4 is 21.7 Å². The molecular weight excluding hydrogens is 829 g/mol. The van der Waals surface area contributed by atoms with Crippen LogP contribution in [0, 0.1) is 5.92 Å². The smallest absolute Gasteiger partial charge is 0.336 e. The molecule has 0 spiro atoms. The zero-order valence-corrected chi connectivity index (χ0v) is 35.3. The summed E-state index contributed by atoms with van der Waals surface area (Å²) in [5, 5.41) is 17.7. The van der Waals surface area contributed by atoms with Crippen molar-refractivity contribution in [2.75, 3.05) is 19.7 Å². The van der Waals surface area contributed by atoms with Gasteiger partial charge in [-0.05, 0) is 48.4 Å². The monoisotopic (exact) mass is 879 g/mol. The number of halogens is 2. The molecule has 1 saturated heterocycles. The molecule has 5 atom stereocenters. The Morgan fingerprint density at radius 3 is 2.15 bits per heavy atom. The number of nitrogens with one attached hydrogen (secondary N) is 3. The van der Waals surface area contributed by atoms with Gasteiger partial charge in [-0.1, -0.05) is 116 Å². The molecule has 1 heterocycles. The molecule has 0 bridgehead atoms. The van der Waals surface area contributed by atoms with Gasteiger partial charge in [0.1, 0.15) is 12.1 Å². The molecule has 15 nitrogen and oxygen atoms in total. The number of nitrogens with zero attached hydrogens (tertiary/aromatic N) is 1. The number of carbonyl (C=O) groups excluding carboxylic acids is 6. The minimum Gasteiger partial charge on any atom is -0.478 e. The second-order valence-electron chi connectivity index (χ2n) is 15.2. The minimum absolute atomic E-state index is 0.0296. The summed E-state index contributed by atoms with van der Waals surface area (Å²) in [6.07, 6.45) is 2.57. The van der Waals surface area contributed by atoms with Gasteiger partial charge in [0.2, 0.25) is 17.6 Å². The number of aromatic carboxylic acids is 1. The fraction of sp³-hybridized carbons (Fsp3) is 0.432. The van der Waals surface area contributed by atoms with Crippen LogP contribution in [0.25, 0.3) is 0 Å². The number of primary amides is 1. The summed E-state index contributed by atoms with van der Waals surface area (Å²) in [6.45, 7) is 1.66. The summed E-state index contributed by atoms with van der Waals surface area (Å²) < 4.78 is 11.8. The normalized spacial score (nSPS) is 18.0. The van der Waals surface area contributed by atoms with Crippen molar-refractivity contribution >= 4 is 64.5 Å². The van der Waals surface area contributed by atoms with Gasteiger partial charge in [0.25, 0.3) is 17.7 Å². The van der Waals surface area contributed by atoms with Crippen LogP contribution in [0.3, 0.4) is 0 Å². The maximum absolute atomic E-state index is 14.8. The molecule has 5 rings (SSSR count). The molecule has 2 fully saturated rings. The molecule has 5 unspecified atom stereocenters. The Morgan fingerprint density at radius 2 is 1.52 bits per heavy atom. The van der Waals surface area contributed by atoms with Gasteiger partial charge in [-0.3, -0.25) is 28.8 Å². The molecule has 0 radical (unpaired) electrons. The number of carbonyl (C=O) groups is 7. The average molecular weight is 881 g/mol. The van der Waals surface area contributed by atoms with E-state index in [4.69, 9.17) is 38.4 Å². The standard InChI is InChI=1S/C44H51Cl2N5O10/c1-2-12-34(37(52)42(56)48-19-20-60-38(39(47)53)28-17-10-5-11-18-28)49-41(55)35-21-29(61-25-26-13-6-3-7-14-26)24-51(35)43(57)36(27-15-8-4-9-16-27)50-40(54)30-22-32(45)33(46)23-31(30)44(58)59/h3,5-7,10-11,13-14,17-18,22-23,27,29,34-36,38H,2,4,8-9,12,15-16,19-21,24-25H2,1H3,(H2,47,53)(H,48,56)(H,49,55)(H,50,54)(H,58,59). The van der Waals surface area contributed by atoms with E-state index in [0.717, 1.165) is 37.0 Å². The number of amides is 5. The van der Waals surface area contributed by atoms with E-state index in [1.54, 1.807) is 37.3 Å². The summed E-state index contributed by atoms with van der Waals surface area (Å²) in [5.41, 5.74) is 6.22.